The molecule has 1 aromatic carbocycles. The molecule has 1 heterocycles. The molecule has 1 amide bonds. The molecule has 0 spiro atoms. The van der Waals surface area contributed by atoms with Gasteiger partial charge in [-0.1, -0.05) is 13.3 Å². The number of likely N-dealkylation sites (tertiary alicyclic amines) is 1. The Hall–Kier alpha value is -1.55. The van der Waals surface area contributed by atoms with Crippen LogP contribution in [0.5, 0.6) is 0 Å². The van der Waals surface area contributed by atoms with Crippen LogP contribution in [-0.4, -0.2) is 48.7 Å². The van der Waals surface area contributed by atoms with Crippen LogP contribution in [0.25, 0.3) is 0 Å². The van der Waals surface area contributed by atoms with E-state index in [0.717, 1.165) is 17.8 Å². The van der Waals surface area contributed by atoms with Gasteiger partial charge in [0.25, 0.3) is 5.91 Å². The van der Waals surface area contributed by atoms with Crippen LogP contribution in [-0.2, 0) is 0 Å². The fourth-order valence-corrected chi connectivity index (χ4v) is 2.63. The smallest absolute Gasteiger partial charge is 0.253 e. The van der Waals surface area contributed by atoms with Crippen molar-refractivity contribution in [3.05, 3.63) is 29.8 Å². The summed E-state index contributed by atoms with van der Waals surface area (Å²) < 4.78 is 0. The normalized spacial score (nSPS) is 16.0. The van der Waals surface area contributed by atoms with Crippen LogP contribution in [0.2, 0.25) is 0 Å². The highest BCUT2D eigenvalue weighted by atomic mass is 16.3. The van der Waals surface area contributed by atoms with Gasteiger partial charge in [-0.25, -0.2) is 0 Å². The van der Waals surface area contributed by atoms with E-state index in [9.17, 15) is 9.90 Å². The van der Waals surface area contributed by atoms with Crippen molar-refractivity contribution in [3.63, 3.8) is 0 Å². The molecule has 0 aliphatic carbocycles. The van der Waals surface area contributed by atoms with Gasteiger partial charge in [0, 0.05) is 37.9 Å². The van der Waals surface area contributed by atoms with Crippen molar-refractivity contribution in [2.45, 2.75) is 38.7 Å². The molecule has 0 saturated carbocycles. The van der Waals surface area contributed by atoms with E-state index < -0.39 is 0 Å². The monoisotopic (exact) mass is 290 g/mol. The van der Waals surface area contributed by atoms with Gasteiger partial charge in [-0.2, -0.15) is 0 Å². The van der Waals surface area contributed by atoms with Crippen LogP contribution < -0.4 is 4.90 Å². The summed E-state index contributed by atoms with van der Waals surface area (Å²) in [5.41, 5.74) is 1.88. The van der Waals surface area contributed by atoms with Crippen LogP contribution in [0.3, 0.4) is 0 Å². The van der Waals surface area contributed by atoms with Gasteiger partial charge in [0.15, 0.2) is 0 Å². The summed E-state index contributed by atoms with van der Waals surface area (Å²) in [6.45, 7) is 4.52. The number of carbonyl (C=O) groups excluding carboxylic acids is 1. The summed E-state index contributed by atoms with van der Waals surface area (Å²) in [6.07, 6.45) is 3.48. The van der Waals surface area contributed by atoms with E-state index >= 15 is 0 Å². The summed E-state index contributed by atoms with van der Waals surface area (Å²) in [5, 5.41) is 9.50. The first kappa shape index (κ1) is 15.8. The molecule has 4 nitrogen and oxygen atoms in total. The molecule has 0 atom stereocenters. The fraction of sp³-hybridized carbons (Fsp3) is 0.588. The Kier molecular flexibility index (Phi) is 5.62. The number of aliphatic hydroxyl groups is 1. The van der Waals surface area contributed by atoms with Gasteiger partial charge < -0.3 is 14.9 Å². The Labute approximate surface area is 127 Å². The molecule has 1 saturated heterocycles. The number of hydrogen-bond donors (Lipinski definition) is 1. The van der Waals surface area contributed by atoms with Crippen LogP contribution in [0.1, 0.15) is 43.0 Å². The Morgan fingerprint density at radius 3 is 2.48 bits per heavy atom. The largest absolute Gasteiger partial charge is 0.393 e. The zero-order chi connectivity index (χ0) is 15.2. The Morgan fingerprint density at radius 1 is 1.29 bits per heavy atom. The first-order valence-corrected chi connectivity index (χ1v) is 7.90. The molecule has 21 heavy (non-hydrogen) atoms. The van der Waals surface area contributed by atoms with Gasteiger partial charge in [-0.3, -0.25) is 4.79 Å². The van der Waals surface area contributed by atoms with Crippen molar-refractivity contribution in [2.24, 2.45) is 0 Å². The van der Waals surface area contributed by atoms with Crippen LogP contribution in [0.15, 0.2) is 24.3 Å². The number of aliphatic hydroxyl groups excluding tert-OH is 1. The molecule has 0 unspecified atom stereocenters. The minimum atomic E-state index is -0.247. The lowest BCUT2D eigenvalue weighted by Crippen LogP contribution is -2.40. The van der Waals surface area contributed by atoms with Gasteiger partial charge in [0.05, 0.1) is 6.10 Å². The molecule has 0 radical (unpaired) electrons. The van der Waals surface area contributed by atoms with Crippen LogP contribution >= 0.6 is 0 Å². The molecule has 1 aliphatic rings. The predicted octanol–water partition coefficient (Wildman–Crippen LogP) is 2.52. The van der Waals surface area contributed by atoms with Crippen LogP contribution in [0.4, 0.5) is 5.69 Å². The zero-order valence-electron chi connectivity index (χ0n) is 13.1. The quantitative estimate of drug-likeness (QED) is 0.906. The molecule has 1 aliphatic heterocycles. The van der Waals surface area contributed by atoms with Gasteiger partial charge in [-0.15, -0.1) is 0 Å². The molecule has 0 aromatic heterocycles. The highest BCUT2D eigenvalue weighted by Crippen LogP contribution is 2.18. The highest BCUT2D eigenvalue weighted by molar-refractivity contribution is 5.94. The molecule has 1 N–H and O–H groups in total. The molecule has 2 rings (SSSR count). The molecule has 1 fully saturated rings. The van der Waals surface area contributed by atoms with E-state index in [1.807, 2.05) is 29.2 Å². The third-order valence-electron chi connectivity index (χ3n) is 4.15. The lowest BCUT2D eigenvalue weighted by Gasteiger charge is -2.29. The Morgan fingerprint density at radius 2 is 1.90 bits per heavy atom. The maximum absolute atomic E-state index is 12.4. The maximum Gasteiger partial charge on any atom is 0.253 e. The summed E-state index contributed by atoms with van der Waals surface area (Å²) in [7, 11) is 2.08. The second kappa shape index (κ2) is 7.46. The summed E-state index contributed by atoms with van der Waals surface area (Å²) in [5.74, 6) is 0.0738. The lowest BCUT2D eigenvalue weighted by molar-refractivity contribution is 0.0546. The molecule has 116 valence electrons. The third kappa shape index (κ3) is 4.21. The minimum Gasteiger partial charge on any atom is -0.393 e. The summed E-state index contributed by atoms with van der Waals surface area (Å²) in [4.78, 5) is 16.4. The zero-order valence-corrected chi connectivity index (χ0v) is 13.1. The number of unbranched alkanes of at least 4 members (excludes halogenated alkanes) is 1. The molecule has 1 aromatic rings. The second-order valence-electron chi connectivity index (χ2n) is 5.85. The van der Waals surface area contributed by atoms with Crippen molar-refractivity contribution in [1.82, 2.24) is 4.90 Å². The van der Waals surface area contributed by atoms with Gasteiger partial charge in [-0.05, 0) is 43.5 Å². The average molecular weight is 290 g/mol. The topological polar surface area (TPSA) is 43.8 Å². The lowest BCUT2D eigenvalue weighted by atomic mass is 10.1. The van der Waals surface area contributed by atoms with Crippen molar-refractivity contribution >= 4 is 11.6 Å². The molecular formula is C17H26N2O2. The Bertz CT molecular complexity index is 450. The number of benzene rings is 1. The van der Waals surface area contributed by atoms with Crippen molar-refractivity contribution in [1.29, 1.82) is 0 Å². The van der Waals surface area contributed by atoms with Gasteiger partial charge in [0.2, 0.25) is 0 Å². The van der Waals surface area contributed by atoms with Crippen molar-refractivity contribution in [3.8, 4) is 0 Å². The second-order valence-corrected chi connectivity index (χ2v) is 5.85. The van der Waals surface area contributed by atoms with E-state index in [-0.39, 0.29) is 12.0 Å². The van der Waals surface area contributed by atoms with Crippen molar-refractivity contribution in [2.75, 3.05) is 31.6 Å². The highest BCUT2D eigenvalue weighted by Gasteiger charge is 2.22. The van der Waals surface area contributed by atoms with E-state index in [1.54, 1.807) is 0 Å². The van der Waals surface area contributed by atoms with Gasteiger partial charge >= 0.3 is 0 Å². The molecular weight excluding hydrogens is 264 g/mol. The third-order valence-corrected chi connectivity index (χ3v) is 4.15. The van der Waals surface area contributed by atoms with E-state index in [4.69, 9.17) is 0 Å². The average Bonchev–Trinajstić information content (AvgIpc) is 2.53. The summed E-state index contributed by atoms with van der Waals surface area (Å²) in [6, 6.07) is 7.85. The number of anilines is 1. The summed E-state index contributed by atoms with van der Waals surface area (Å²) >= 11 is 0. The van der Waals surface area contributed by atoms with Gasteiger partial charge in [0.1, 0.15) is 0 Å². The number of rotatable bonds is 5. The Balaban J connectivity index is 1.96. The predicted molar refractivity (Wildman–Crippen MR) is 85.8 cm³/mol. The molecule has 4 heteroatoms. The maximum atomic E-state index is 12.4. The molecule has 0 bridgehead atoms. The number of piperidine rings is 1. The minimum absolute atomic E-state index is 0.0738. The van der Waals surface area contributed by atoms with E-state index in [2.05, 4.69) is 18.9 Å². The van der Waals surface area contributed by atoms with Crippen LogP contribution in [0, 0.1) is 0 Å². The standard InChI is InChI=1S/C17H26N2O2/c1-3-4-11-18(2)15-7-5-14(6-8-15)17(21)19-12-9-16(20)10-13-19/h5-8,16,20H,3-4,9-13H2,1-2H3. The fourth-order valence-electron chi connectivity index (χ4n) is 2.63. The van der Waals surface area contributed by atoms with E-state index in [1.165, 1.54) is 12.8 Å². The van der Waals surface area contributed by atoms with E-state index in [0.29, 0.717) is 25.9 Å². The number of carbonyl (C=O) groups is 1. The first-order chi connectivity index (χ1) is 10.1. The number of nitrogens with zero attached hydrogens (tertiary/aromatic N) is 2. The SMILES string of the molecule is CCCCN(C)c1ccc(C(=O)N2CCC(O)CC2)cc1. The first-order valence-electron chi connectivity index (χ1n) is 7.90. The number of amides is 1. The number of hydrogen-bond acceptors (Lipinski definition) is 3. The van der Waals surface area contributed by atoms with Crippen molar-refractivity contribution < 1.29 is 9.90 Å².